The molecular formula is C55H91N. The Morgan fingerprint density at radius 3 is 1.91 bits per heavy atom. The van der Waals surface area contributed by atoms with E-state index in [1.54, 1.807) is 17.2 Å². The second kappa shape index (κ2) is 42.4. The predicted octanol–water partition coefficient (Wildman–Crippen LogP) is 18.5. The lowest BCUT2D eigenvalue weighted by atomic mass is 9.92. The fraction of sp³-hybridized carbons (Fsp3) is 0.527. The van der Waals surface area contributed by atoms with Crippen LogP contribution in [0.25, 0.3) is 11.6 Å². The first-order valence-corrected chi connectivity index (χ1v) is 22.1. The third kappa shape index (κ3) is 30.5. The van der Waals surface area contributed by atoms with Gasteiger partial charge in [-0.3, -0.25) is 0 Å². The highest BCUT2D eigenvalue weighted by Gasteiger charge is 2.09. The smallest absolute Gasteiger partial charge is 0.0396 e. The van der Waals surface area contributed by atoms with E-state index in [4.69, 9.17) is 12.2 Å². The first-order chi connectivity index (χ1) is 27.0. The second-order valence-electron chi connectivity index (χ2n) is 14.2. The molecule has 2 N–H and O–H groups in total. The van der Waals surface area contributed by atoms with Crippen LogP contribution in [0.1, 0.15) is 196 Å². The van der Waals surface area contributed by atoms with Crippen molar-refractivity contribution < 1.29 is 0 Å². The van der Waals surface area contributed by atoms with E-state index in [0.29, 0.717) is 0 Å². The van der Waals surface area contributed by atoms with E-state index in [0.717, 1.165) is 42.9 Å². The first-order valence-electron chi connectivity index (χ1n) is 22.1. The quantitative estimate of drug-likeness (QED) is 0.0771. The van der Waals surface area contributed by atoms with Gasteiger partial charge in [0.1, 0.15) is 0 Å². The Morgan fingerprint density at radius 1 is 0.857 bits per heavy atom. The summed E-state index contributed by atoms with van der Waals surface area (Å²) in [6.45, 7) is 42.4. The van der Waals surface area contributed by atoms with Crippen molar-refractivity contribution >= 4 is 17.3 Å². The van der Waals surface area contributed by atoms with Crippen LogP contribution in [0.2, 0.25) is 0 Å². The maximum absolute atomic E-state index is 6.26. The van der Waals surface area contributed by atoms with E-state index < -0.39 is 0 Å². The van der Waals surface area contributed by atoms with E-state index in [2.05, 4.69) is 122 Å². The van der Waals surface area contributed by atoms with Crippen LogP contribution in [-0.2, 0) is 0 Å². The number of hydrogen-bond acceptors (Lipinski definition) is 1. The van der Waals surface area contributed by atoms with Gasteiger partial charge in [0.25, 0.3) is 0 Å². The van der Waals surface area contributed by atoms with Crippen molar-refractivity contribution in [2.24, 2.45) is 5.92 Å². The average Bonchev–Trinajstić information content (AvgIpc) is 3.21. The summed E-state index contributed by atoms with van der Waals surface area (Å²) in [5.74, 6) is 3.71. The molecule has 1 atom stereocenters. The van der Waals surface area contributed by atoms with Crippen molar-refractivity contribution in [2.45, 2.75) is 186 Å². The van der Waals surface area contributed by atoms with Crippen molar-refractivity contribution in [3.05, 3.63) is 126 Å². The summed E-state index contributed by atoms with van der Waals surface area (Å²) in [5, 5.41) is 0. The van der Waals surface area contributed by atoms with Gasteiger partial charge < -0.3 is 5.73 Å². The Hall–Kier alpha value is -3.76. The van der Waals surface area contributed by atoms with E-state index in [9.17, 15) is 0 Å². The summed E-state index contributed by atoms with van der Waals surface area (Å²) < 4.78 is 0. The molecule has 316 valence electrons. The number of rotatable bonds is 16. The third-order valence-corrected chi connectivity index (χ3v) is 9.36. The summed E-state index contributed by atoms with van der Waals surface area (Å²) in [5.41, 5.74) is 18.9. The molecule has 1 nitrogen and oxygen atoms in total. The molecule has 3 rings (SSSR count). The number of hydrogen-bond donors (Lipinski definition) is 1. The maximum Gasteiger partial charge on any atom is 0.0396 e. The first kappa shape index (κ1) is 58.9. The SMILES string of the molecule is C#CC1=C(CCCC(C)CCC)C=CCC1.C=C.C=C(C)CC.C=C(CCCCCCC1=C(C)CCC=C1)c1cc(C)c(/C=C/C)cc1N.C=CC.CC.CC. The summed E-state index contributed by atoms with van der Waals surface area (Å²) in [6, 6.07) is 4.27. The molecule has 0 amide bonds. The predicted molar refractivity (Wildman–Crippen MR) is 265 cm³/mol. The van der Waals surface area contributed by atoms with Crippen LogP contribution in [-0.4, -0.2) is 0 Å². The molecular weight excluding hydrogens is 675 g/mol. The van der Waals surface area contributed by atoms with Gasteiger partial charge in [-0.1, -0.05) is 147 Å². The molecule has 2 aliphatic carbocycles. The number of anilines is 1. The lowest BCUT2D eigenvalue weighted by molar-refractivity contribution is 0.469. The molecule has 0 saturated heterocycles. The zero-order valence-electron chi connectivity index (χ0n) is 39.3. The zero-order chi connectivity index (χ0) is 43.7. The Labute approximate surface area is 351 Å². The summed E-state index contributed by atoms with van der Waals surface area (Å²) >= 11 is 0. The number of terminal acetylenes is 1. The van der Waals surface area contributed by atoms with Gasteiger partial charge in [0.05, 0.1) is 0 Å². The van der Waals surface area contributed by atoms with Crippen LogP contribution in [0.3, 0.4) is 0 Å². The number of unbranched alkanes of at least 4 members (excludes halogenated alkanes) is 3. The van der Waals surface area contributed by atoms with Crippen molar-refractivity contribution in [3.63, 3.8) is 0 Å². The standard InChI is InChI=1S/C25H35N.C16H24.C5H10.C3H6.2C2H6.C2H4/c1-5-12-23-18-25(26)24(17-21(23)4)20(3)14-8-6-7-9-15-22-16-11-10-13-19(22)2;1-4-9-14(3)10-8-13-16-12-7-6-11-15(16)5-2;1-4-5(2)3;1-3-2;3*1-2/h5,11-12,16-18H,3,6-10,13-15,26H2,1-2,4H3;2,7,12,14H,4,6,8-11,13H2,1,3H3;2,4H2,1,3H3;3H,1H2,2H3;2*1-2H3;1-2H2/b12-5+;;;;;;. The molecule has 1 aromatic carbocycles. The minimum Gasteiger partial charge on any atom is -0.398 e. The molecule has 0 bridgehead atoms. The lowest BCUT2D eigenvalue weighted by Crippen LogP contribution is -1.97. The van der Waals surface area contributed by atoms with Crippen molar-refractivity contribution in [3.8, 4) is 12.3 Å². The molecule has 0 aromatic heterocycles. The van der Waals surface area contributed by atoms with Gasteiger partial charge in [-0.25, -0.2) is 0 Å². The van der Waals surface area contributed by atoms with Gasteiger partial charge in [-0.05, 0) is 151 Å². The molecule has 2 aliphatic rings. The fourth-order valence-electron chi connectivity index (χ4n) is 6.07. The summed E-state index contributed by atoms with van der Waals surface area (Å²) in [4.78, 5) is 0. The molecule has 56 heavy (non-hydrogen) atoms. The molecule has 0 saturated carbocycles. The number of nitrogens with two attached hydrogens (primary N) is 1. The number of benzene rings is 1. The topological polar surface area (TPSA) is 26.0 Å². The molecule has 1 unspecified atom stereocenters. The monoisotopic (exact) mass is 766 g/mol. The van der Waals surface area contributed by atoms with Crippen LogP contribution >= 0.6 is 0 Å². The molecule has 0 spiro atoms. The average molecular weight is 766 g/mol. The van der Waals surface area contributed by atoms with Crippen LogP contribution in [0, 0.1) is 25.2 Å². The van der Waals surface area contributed by atoms with Gasteiger partial charge in [0.2, 0.25) is 0 Å². The van der Waals surface area contributed by atoms with E-state index >= 15 is 0 Å². The van der Waals surface area contributed by atoms with E-state index in [1.807, 2.05) is 48.5 Å². The molecule has 1 heteroatoms. The van der Waals surface area contributed by atoms with Gasteiger partial charge in [-0.15, -0.1) is 32.7 Å². The molecule has 0 aliphatic heterocycles. The third-order valence-electron chi connectivity index (χ3n) is 9.36. The van der Waals surface area contributed by atoms with Gasteiger partial charge in [-0.2, -0.15) is 0 Å². The normalized spacial score (nSPS) is 12.8. The lowest BCUT2D eigenvalue weighted by Gasteiger charge is -2.13. The molecule has 1 aromatic rings. The molecule has 0 radical (unpaired) electrons. The van der Waals surface area contributed by atoms with Crippen LogP contribution < -0.4 is 5.73 Å². The van der Waals surface area contributed by atoms with Crippen molar-refractivity contribution in [1.82, 2.24) is 0 Å². The highest BCUT2D eigenvalue weighted by molar-refractivity contribution is 5.77. The Morgan fingerprint density at radius 2 is 1.39 bits per heavy atom. The van der Waals surface area contributed by atoms with Crippen molar-refractivity contribution in [1.29, 1.82) is 0 Å². The summed E-state index contributed by atoms with van der Waals surface area (Å²) in [7, 11) is 0. The Kier molecular flexibility index (Phi) is 44.6. The van der Waals surface area contributed by atoms with Crippen molar-refractivity contribution in [2.75, 3.05) is 5.73 Å². The largest absolute Gasteiger partial charge is 0.398 e. The second-order valence-corrected chi connectivity index (χ2v) is 14.2. The zero-order valence-corrected chi connectivity index (χ0v) is 39.3. The highest BCUT2D eigenvalue weighted by atomic mass is 14.6. The van der Waals surface area contributed by atoms with Gasteiger partial charge in [0, 0.05) is 16.8 Å². The fourth-order valence-corrected chi connectivity index (χ4v) is 6.07. The number of nitrogen functional groups attached to an aromatic ring is 1. The number of aryl methyl sites for hydroxylation is 1. The molecule has 0 heterocycles. The van der Waals surface area contributed by atoms with E-state index in [-0.39, 0.29) is 0 Å². The van der Waals surface area contributed by atoms with Crippen LogP contribution in [0.4, 0.5) is 5.69 Å². The minimum absolute atomic E-state index is 0.847. The van der Waals surface area contributed by atoms with Gasteiger partial charge in [0.15, 0.2) is 0 Å². The molecule has 0 fully saturated rings. The van der Waals surface area contributed by atoms with Crippen LogP contribution in [0.5, 0.6) is 0 Å². The Bertz CT molecular complexity index is 1360. The summed E-state index contributed by atoms with van der Waals surface area (Å²) in [6.07, 6.45) is 40.2. The number of allylic oxidation sites excluding steroid dienone is 12. The Balaban J connectivity index is -0.000000383. The highest BCUT2D eigenvalue weighted by Crippen LogP contribution is 2.29. The van der Waals surface area contributed by atoms with Crippen LogP contribution in [0.15, 0.2) is 109 Å². The maximum atomic E-state index is 6.26. The van der Waals surface area contributed by atoms with Gasteiger partial charge >= 0.3 is 0 Å². The minimum atomic E-state index is 0.847. The van der Waals surface area contributed by atoms with E-state index in [1.165, 1.54) is 110 Å².